The molecule has 0 bridgehead atoms. The van der Waals surface area contributed by atoms with E-state index in [0.29, 0.717) is 5.92 Å². The lowest BCUT2D eigenvalue weighted by atomic mass is 9.90. The summed E-state index contributed by atoms with van der Waals surface area (Å²) in [6.07, 6.45) is 2.30. The van der Waals surface area contributed by atoms with E-state index < -0.39 is 5.60 Å². The zero-order valence-corrected chi connectivity index (χ0v) is 10.1. The number of hydrogen-bond donors (Lipinski definition) is 1. The minimum atomic E-state index is -0.643. The second kappa shape index (κ2) is 3.35. The van der Waals surface area contributed by atoms with Gasteiger partial charge in [0.2, 0.25) is 0 Å². The normalized spacial score (nSPS) is 20.6. The van der Waals surface area contributed by atoms with Crippen LogP contribution in [0, 0.1) is 12.8 Å². The molecule has 1 aliphatic carbocycles. The van der Waals surface area contributed by atoms with Crippen LogP contribution in [0.1, 0.15) is 30.9 Å². The van der Waals surface area contributed by atoms with Crippen LogP contribution in [-0.2, 0) is 5.60 Å². The number of aliphatic hydroxyl groups is 1. The van der Waals surface area contributed by atoms with Crippen molar-refractivity contribution < 1.29 is 5.11 Å². The van der Waals surface area contributed by atoms with Crippen molar-refractivity contribution in [2.24, 2.45) is 5.92 Å². The van der Waals surface area contributed by atoms with Crippen molar-refractivity contribution in [3.05, 3.63) is 33.8 Å². The van der Waals surface area contributed by atoms with Crippen LogP contribution in [-0.4, -0.2) is 5.11 Å². The first-order valence-electron chi connectivity index (χ1n) is 5.01. The predicted molar refractivity (Wildman–Crippen MR) is 61.2 cm³/mol. The molecule has 0 spiro atoms. The highest BCUT2D eigenvalue weighted by molar-refractivity contribution is 9.10. The Labute approximate surface area is 93.3 Å². The van der Waals surface area contributed by atoms with E-state index in [0.717, 1.165) is 22.9 Å². The smallest absolute Gasteiger partial charge is 0.0896 e. The standard InChI is InChI=1S/C12H15BrO/c1-8-3-4-10(7-11(8)13)12(2,14)9-5-6-9/h3-4,7,9,14H,5-6H2,1-2H3. The molecule has 1 nitrogen and oxygen atoms in total. The van der Waals surface area contributed by atoms with Crippen molar-refractivity contribution >= 4 is 15.9 Å². The first kappa shape index (κ1) is 10.2. The summed E-state index contributed by atoms with van der Waals surface area (Å²) in [5.74, 6) is 0.456. The van der Waals surface area contributed by atoms with Gasteiger partial charge in [-0.1, -0.05) is 28.1 Å². The Morgan fingerprint density at radius 3 is 2.57 bits per heavy atom. The molecule has 14 heavy (non-hydrogen) atoms. The van der Waals surface area contributed by atoms with E-state index in [4.69, 9.17) is 0 Å². The lowest BCUT2D eigenvalue weighted by molar-refractivity contribution is 0.0330. The second-order valence-electron chi connectivity index (χ2n) is 4.39. The molecule has 1 aromatic rings. The summed E-state index contributed by atoms with van der Waals surface area (Å²) < 4.78 is 1.08. The monoisotopic (exact) mass is 254 g/mol. The Balaban J connectivity index is 2.36. The average molecular weight is 255 g/mol. The van der Waals surface area contributed by atoms with Crippen LogP contribution < -0.4 is 0 Å². The number of halogens is 1. The van der Waals surface area contributed by atoms with Crippen molar-refractivity contribution in [3.63, 3.8) is 0 Å². The molecule has 1 unspecified atom stereocenters. The summed E-state index contributed by atoms with van der Waals surface area (Å²) in [5.41, 5.74) is 1.59. The first-order chi connectivity index (χ1) is 6.51. The molecule has 1 aliphatic rings. The van der Waals surface area contributed by atoms with E-state index in [9.17, 15) is 5.11 Å². The van der Waals surface area contributed by atoms with Crippen molar-refractivity contribution in [1.82, 2.24) is 0 Å². The molecule has 2 rings (SSSR count). The number of benzene rings is 1. The number of aryl methyl sites for hydroxylation is 1. The maximum atomic E-state index is 10.3. The molecule has 0 amide bonds. The maximum Gasteiger partial charge on any atom is 0.0896 e. The van der Waals surface area contributed by atoms with Crippen molar-refractivity contribution in [3.8, 4) is 0 Å². The third-order valence-corrected chi connectivity index (χ3v) is 3.98. The highest BCUT2D eigenvalue weighted by Crippen LogP contribution is 2.45. The molecule has 0 aliphatic heterocycles. The molecule has 0 aromatic heterocycles. The zero-order chi connectivity index (χ0) is 10.3. The van der Waals surface area contributed by atoms with E-state index in [1.807, 2.05) is 19.1 Å². The van der Waals surface area contributed by atoms with Crippen LogP contribution in [0.4, 0.5) is 0 Å². The van der Waals surface area contributed by atoms with Crippen LogP contribution in [0.5, 0.6) is 0 Å². The molecule has 1 aromatic carbocycles. The van der Waals surface area contributed by atoms with Gasteiger partial charge in [-0.2, -0.15) is 0 Å². The Bertz CT molecular complexity index is 353. The lowest BCUT2D eigenvalue weighted by Crippen LogP contribution is -2.23. The highest BCUT2D eigenvalue weighted by Gasteiger charge is 2.41. The Kier molecular flexibility index (Phi) is 2.44. The van der Waals surface area contributed by atoms with E-state index >= 15 is 0 Å². The van der Waals surface area contributed by atoms with Gasteiger partial charge < -0.3 is 5.11 Å². The van der Waals surface area contributed by atoms with Gasteiger partial charge in [0.1, 0.15) is 0 Å². The molecular formula is C12H15BrO. The third-order valence-electron chi connectivity index (χ3n) is 3.13. The van der Waals surface area contributed by atoms with Crippen molar-refractivity contribution in [2.75, 3.05) is 0 Å². The molecule has 0 radical (unpaired) electrons. The van der Waals surface area contributed by atoms with Crippen LogP contribution >= 0.6 is 15.9 Å². The molecule has 1 fully saturated rings. The molecule has 76 valence electrons. The van der Waals surface area contributed by atoms with Crippen molar-refractivity contribution in [1.29, 1.82) is 0 Å². The van der Waals surface area contributed by atoms with E-state index in [2.05, 4.69) is 28.9 Å². The fraction of sp³-hybridized carbons (Fsp3) is 0.500. The fourth-order valence-electron chi connectivity index (χ4n) is 1.79. The Morgan fingerprint density at radius 1 is 1.43 bits per heavy atom. The Morgan fingerprint density at radius 2 is 2.07 bits per heavy atom. The van der Waals surface area contributed by atoms with Gasteiger partial charge in [0.05, 0.1) is 5.60 Å². The summed E-state index contributed by atoms with van der Waals surface area (Å²) in [4.78, 5) is 0. The van der Waals surface area contributed by atoms with Gasteiger partial charge in [-0.25, -0.2) is 0 Å². The summed E-state index contributed by atoms with van der Waals surface area (Å²) in [5, 5.41) is 10.3. The summed E-state index contributed by atoms with van der Waals surface area (Å²) in [6, 6.07) is 6.11. The third kappa shape index (κ3) is 1.73. The molecule has 0 heterocycles. The molecule has 1 N–H and O–H groups in total. The highest BCUT2D eigenvalue weighted by atomic mass is 79.9. The van der Waals surface area contributed by atoms with E-state index in [1.165, 1.54) is 5.56 Å². The average Bonchev–Trinajstić information content (AvgIpc) is 2.92. The molecule has 1 atom stereocenters. The quantitative estimate of drug-likeness (QED) is 0.858. The topological polar surface area (TPSA) is 20.2 Å². The van der Waals surface area contributed by atoms with E-state index in [-0.39, 0.29) is 0 Å². The summed E-state index contributed by atoms with van der Waals surface area (Å²) >= 11 is 3.50. The lowest BCUT2D eigenvalue weighted by Gasteiger charge is -2.24. The van der Waals surface area contributed by atoms with Gasteiger partial charge in [-0.15, -0.1) is 0 Å². The molecule has 2 heteroatoms. The van der Waals surface area contributed by atoms with Gasteiger partial charge in [0.15, 0.2) is 0 Å². The Hall–Kier alpha value is -0.340. The van der Waals surface area contributed by atoms with Gasteiger partial charge in [0, 0.05) is 4.47 Å². The zero-order valence-electron chi connectivity index (χ0n) is 8.55. The predicted octanol–water partition coefficient (Wildman–Crippen LogP) is 3.38. The molecule has 0 saturated heterocycles. The number of rotatable bonds is 2. The maximum absolute atomic E-state index is 10.3. The van der Waals surface area contributed by atoms with Gasteiger partial charge in [0.25, 0.3) is 0 Å². The minimum Gasteiger partial charge on any atom is -0.385 e. The van der Waals surface area contributed by atoms with Crippen molar-refractivity contribution in [2.45, 2.75) is 32.3 Å². The van der Waals surface area contributed by atoms with Crippen LogP contribution in [0.15, 0.2) is 22.7 Å². The summed E-state index contributed by atoms with van der Waals surface area (Å²) in [7, 11) is 0. The summed E-state index contributed by atoms with van der Waals surface area (Å²) in [6.45, 7) is 3.97. The van der Waals surface area contributed by atoms with Crippen LogP contribution in [0.3, 0.4) is 0 Å². The first-order valence-corrected chi connectivity index (χ1v) is 5.80. The number of hydrogen-bond acceptors (Lipinski definition) is 1. The van der Waals surface area contributed by atoms with Gasteiger partial charge >= 0.3 is 0 Å². The van der Waals surface area contributed by atoms with Crippen LogP contribution in [0.2, 0.25) is 0 Å². The largest absolute Gasteiger partial charge is 0.385 e. The fourth-order valence-corrected chi connectivity index (χ4v) is 2.17. The molecular weight excluding hydrogens is 240 g/mol. The second-order valence-corrected chi connectivity index (χ2v) is 5.24. The molecule has 1 saturated carbocycles. The van der Waals surface area contributed by atoms with E-state index in [1.54, 1.807) is 0 Å². The van der Waals surface area contributed by atoms with Crippen LogP contribution in [0.25, 0.3) is 0 Å². The minimum absolute atomic E-state index is 0.456. The van der Waals surface area contributed by atoms with Gasteiger partial charge in [-0.05, 0) is 49.8 Å². The van der Waals surface area contributed by atoms with Gasteiger partial charge in [-0.3, -0.25) is 0 Å². The SMILES string of the molecule is Cc1ccc(C(C)(O)C2CC2)cc1Br.